The number of hydrogen-bond acceptors (Lipinski definition) is 3. The van der Waals surface area contributed by atoms with Gasteiger partial charge in [0.2, 0.25) is 0 Å². The molecule has 0 aliphatic rings. The topological polar surface area (TPSA) is 52.0 Å². The van der Waals surface area contributed by atoms with E-state index in [0.717, 1.165) is 10.2 Å². The van der Waals surface area contributed by atoms with Crippen molar-refractivity contribution < 1.29 is 12.8 Å². The monoisotopic (exact) mass is 402 g/mol. The zero-order valence-electron chi connectivity index (χ0n) is 9.99. The highest BCUT2D eigenvalue weighted by atomic mass is 127. The maximum Gasteiger partial charge on any atom is 0.269 e. The maximum absolute atomic E-state index is 13.4. The molecule has 7 heteroatoms. The molecule has 0 radical (unpaired) electrons. The molecule has 102 valence electrons. The summed E-state index contributed by atoms with van der Waals surface area (Å²) in [6, 6.07) is 9.60. The highest BCUT2D eigenvalue weighted by Gasteiger charge is 2.20. The second-order valence-corrected chi connectivity index (χ2v) is 6.98. The van der Waals surface area contributed by atoms with Crippen LogP contribution in [-0.4, -0.2) is 17.4 Å². The van der Waals surface area contributed by atoms with Crippen LogP contribution in [0.4, 0.5) is 4.39 Å². The van der Waals surface area contributed by atoms with E-state index < -0.39 is 15.8 Å². The van der Waals surface area contributed by atoms with Gasteiger partial charge in [0, 0.05) is 11.6 Å². The van der Waals surface area contributed by atoms with Crippen molar-refractivity contribution in [3.63, 3.8) is 0 Å². The number of aromatic nitrogens is 2. The summed E-state index contributed by atoms with van der Waals surface area (Å²) in [7, 11) is -3.72. The molecule has 0 unspecified atom stereocenters. The molecule has 0 saturated heterocycles. The molecule has 0 fully saturated rings. The van der Waals surface area contributed by atoms with Gasteiger partial charge < -0.3 is 0 Å². The molecule has 3 rings (SSSR count). The first kappa shape index (κ1) is 13.5. The lowest BCUT2D eigenvalue weighted by Crippen LogP contribution is -2.12. The molecule has 1 aromatic carbocycles. The molecule has 0 amide bonds. The predicted molar refractivity (Wildman–Crippen MR) is 81.4 cm³/mol. The molecule has 20 heavy (non-hydrogen) atoms. The first-order valence-corrected chi connectivity index (χ1v) is 8.15. The number of nitrogens with zero attached hydrogens (tertiary/aromatic N) is 2. The summed E-state index contributed by atoms with van der Waals surface area (Å²) >= 11 is 1.84. The minimum absolute atomic E-state index is 0.165. The zero-order valence-corrected chi connectivity index (χ0v) is 13.0. The standard InChI is InChI=1S/C13H8FIN2O2S/c14-11-8-16-13-10(12(11)15)6-7-17(13)20(18,19)9-4-2-1-3-5-9/h1-8H. The first-order chi connectivity index (χ1) is 9.51. The van der Waals surface area contributed by atoms with Gasteiger partial charge in [0.25, 0.3) is 10.0 Å². The van der Waals surface area contributed by atoms with Crippen LogP contribution in [0.25, 0.3) is 11.0 Å². The van der Waals surface area contributed by atoms with Gasteiger partial charge in [-0.2, -0.15) is 0 Å². The van der Waals surface area contributed by atoms with Gasteiger partial charge in [-0.1, -0.05) is 18.2 Å². The highest BCUT2D eigenvalue weighted by Crippen LogP contribution is 2.25. The van der Waals surface area contributed by atoms with Gasteiger partial charge in [0.05, 0.1) is 14.7 Å². The average molecular weight is 402 g/mol. The van der Waals surface area contributed by atoms with Crippen LogP contribution in [-0.2, 0) is 10.0 Å². The molecule has 4 nitrogen and oxygen atoms in total. The molecule has 0 saturated carbocycles. The van der Waals surface area contributed by atoms with Crippen LogP contribution in [0.1, 0.15) is 0 Å². The van der Waals surface area contributed by atoms with E-state index in [2.05, 4.69) is 4.98 Å². The Kier molecular flexibility index (Phi) is 3.25. The van der Waals surface area contributed by atoms with Gasteiger partial charge in [0.15, 0.2) is 11.5 Å². The molecule has 0 bridgehead atoms. The minimum Gasteiger partial charge on any atom is -0.234 e. The Labute approximate surface area is 128 Å². The van der Waals surface area contributed by atoms with Crippen molar-refractivity contribution in [2.45, 2.75) is 4.90 Å². The lowest BCUT2D eigenvalue weighted by molar-refractivity contribution is 0.588. The molecule has 0 aliphatic heterocycles. The van der Waals surface area contributed by atoms with Crippen LogP contribution in [0, 0.1) is 9.39 Å². The van der Waals surface area contributed by atoms with E-state index in [1.54, 1.807) is 24.3 Å². The fourth-order valence-electron chi connectivity index (χ4n) is 1.91. The van der Waals surface area contributed by atoms with Crippen LogP contribution >= 0.6 is 22.6 Å². The lowest BCUT2D eigenvalue weighted by Gasteiger charge is -2.07. The molecule has 2 heterocycles. The van der Waals surface area contributed by atoms with E-state index in [1.165, 1.54) is 18.3 Å². The summed E-state index contributed by atoms with van der Waals surface area (Å²) in [6.07, 6.45) is 2.42. The Hall–Kier alpha value is -1.48. The molecular weight excluding hydrogens is 394 g/mol. The zero-order chi connectivity index (χ0) is 14.3. The second kappa shape index (κ2) is 4.81. The van der Waals surface area contributed by atoms with Crippen molar-refractivity contribution in [3.05, 3.63) is 58.2 Å². The van der Waals surface area contributed by atoms with Crippen LogP contribution in [0.2, 0.25) is 0 Å². The van der Waals surface area contributed by atoms with Gasteiger partial charge in [-0.05, 0) is 40.8 Å². The van der Waals surface area contributed by atoms with Gasteiger partial charge in [-0.15, -0.1) is 0 Å². The van der Waals surface area contributed by atoms with Crippen molar-refractivity contribution >= 4 is 43.6 Å². The van der Waals surface area contributed by atoms with Gasteiger partial charge in [-0.3, -0.25) is 0 Å². The lowest BCUT2D eigenvalue weighted by atomic mass is 10.3. The van der Waals surface area contributed by atoms with Gasteiger partial charge in [-0.25, -0.2) is 21.8 Å². The van der Waals surface area contributed by atoms with Gasteiger partial charge in [0.1, 0.15) is 0 Å². The predicted octanol–water partition coefficient (Wildman–Crippen LogP) is 3.02. The van der Waals surface area contributed by atoms with E-state index in [4.69, 9.17) is 0 Å². The smallest absolute Gasteiger partial charge is 0.234 e. The number of rotatable bonds is 2. The van der Waals surface area contributed by atoms with E-state index in [9.17, 15) is 12.8 Å². The number of halogens is 2. The second-order valence-electron chi connectivity index (χ2n) is 4.09. The summed E-state index contributed by atoms with van der Waals surface area (Å²) < 4.78 is 39.9. The molecule has 0 atom stereocenters. The van der Waals surface area contributed by atoms with Crippen molar-refractivity contribution in [1.29, 1.82) is 0 Å². The van der Waals surface area contributed by atoms with Crippen molar-refractivity contribution in [1.82, 2.24) is 8.96 Å². The Morgan fingerprint density at radius 3 is 2.55 bits per heavy atom. The van der Waals surface area contributed by atoms with E-state index >= 15 is 0 Å². The fourth-order valence-corrected chi connectivity index (χ4v) is 3.79. The van der Waals surface area contributed by atoms with E-state index in [-0.39, 0.29) is 10.5 Å². The first-order valence-electron chi connectivity index (χ1n) is 5.63. The number of pyridine rings is 1. The van der Waals surface area contributed by atoms with Crippen LogP contribution in [0.15, 0.2) is 53.7 Å². The molecule has 0 N–H and O–H groups in total. The van der Waals surface area contributed by atoms with E-state index in [0.29, 0.717) is 8.96 Å². The van der Waals surface area contributed by atoms with Crippen LogP contribution < -0.4 is 0 Å². The summed E-state index contributed by atoms with van der Waals surface area (Å²) in [6.45, 7) is 0. The number of benzene rings is 1. The number of hydrogen-bond donors (Lipinski definition) is 0. The van der Waals surface area contributed by atoms with Crippen LogP contribution in [0.5, 0.6) is 0 Å². The van der Waals surface area contributed by atoms with Crippen molar-refractivity contribution in [2.75, 3.05) is 0 Å². The quantitative estimate of drug-likeness (QED) is 0.620. The Morgan fingerprint density at radius 2 is 1.85 bits per heavy atom. The molecule has 2 aromatic heterocycles. The third-order valence-electron chi connectivity index (χ3n) is 2.87. The SMILES string of the molecule is O=S(=O)(c1ccccc1)n1ccc2c(I)c(F)cnc21. The Balaban J connectivity index is 2.29. The molecule has 0 aliphatic carbocycles. The summed E-state index contributed by atoms with van der Waals surface area (Å²) in [5.41, 5.74) is 0.222. The Bertz CT molecular complexity index is 891. The molecular formula is C13H8FIN2O2S. The highest BCUT2D eigenvalue weighted by molar-refractivity contribution is 14.1. The van der Waals surface area contributed by atoms with Gasteiger partial charge >= 0.3 is 0 Å². The largest absolute Gasteiger partial charge is 0.269 e. The van der Waals surface area contributed by atoms with Crippen LogP contribution in [0.3, 0.4) is 0 Å². The fraction of sp³-hybridized carbons (Fsp3) is 0. The number of fused-ring (bicyclic) bond motifs is 1. The summed E-state index contributed by atoms with van der Waals surface area (Å²) in [5.74, 6) is -0.465. The normalized spacial score (nSPS) is 11.9. The molecule has 3 aromatic rings. The van der Waals surface area contributed by atoms with Crippen molar-refractivity contribution in [3.8, 4) is 0 Å². The summed E-state index contributed by atoms with van der Waals surface area (Å²) in [5, 5.41) is 0.477. The van der Waals surface area contributed by atoms with E-state index in [1.807, 2.05) is 22.6 Å². The minimum atomic E-state index is -3.72. The average Bonchev–Trinajstić information content (AvgIpc) is 2.89. The maximum atomic E-state index is 13.4. The third-order valence-corrected chi connectivity index (χ3v) is 5.65. The summed E-state index contributed by atoms with van der Waals surface area (Å²) in [4.78, 5) is 4.06. The molecule has 0 spiro atoms. The van der Waals surface area contributed by atoms with Crippen molar-refractivity contribution in [2.24, 2.45) is 0 Å². The third kappa shape index (κ3) is 2.01. The Morgan fingerprint density at radius 1 is 1.15 bits per heavy atom.